The summed E-state index contributed by atoms with van der Waals surface area (Å²) in [6.07, 6.45) is 0.676. The number of likely N-dealkylation sites (tertiary alicyclic amines) is 1. The third-order valence-corrected chi connectivity index (χ3v) is 5.84. The van der Waals surface area contributed by atoms with Gasteiger partial charge in [-0.25, -0.2) is 4.99 Å². The van der Waals surface area contributed by atoms with Gasteiger partial charge < -0.3 is 27.0 Å². The fourth-order valence-electron chi connectivity index (χ4n) is 3.73. The molecule has 0 aliphatic carbocycles. The van der Waals surface area contributed by atoms with Crippen LogP contribution < -0.4 is 22.1 Å². The van der Waals surface area contributed by atoms with E-state index in [1.807, 2.05) is 35.2 Å². The molecule has 3 heterocycles. The van der Waals surface area contributed by atoms with Crippen molar-refractivity contribution in [1.82, 2.24) is 15.5 Å². The van der Waals surface area contributed by atoms with Crippen molar-refractivity contribution in [3.8, 4) is 0 Å². The summed E-state index contributed by atoms with van der Waals surface area (Å²) < 4.78 is 0. The van der Waals surface area contributed by atoms with Gasteiger partial charge in [-0.1, -0.05) is 29.8 Å². The average molecular weight is 431 g/mol. The fourth-order valence-corrected chi connectivity index (χ4v) is 3.89. The van der Waals surface area contributed by atoms with Gasteiger partial charge >= 0.3 is 5.91 Å². The molecule has 3 aliphatic heterocycles. The largest absolute Gasteiger partial charge is 0.382 e. The van der Waals surface area contributed by atoms with Gasteiger partial charge in [0.2, 0.25) is 0 Å². The molecule has 30 heavy (non-hydrogen) atoms. The lowest BCUT2D eigenvalue weighted by molar-refractivity contribution is -0.111. The number of rotatable bonds is 2. The van der Waals surface area contributed by atoms with Crippen LogP contribution in [0.5, 0.6) is 0 Å². The first-order valence-electron chi connectivity index (χ1n) is 9.67. The Hall–Kier alpha value is -2.98. The Bertz CT molecular complexity index is 937. The van der Waals surface area contributed by atoms with Crippen molar-refractivity contribution in [2.75, 3.05) is 19.6 Å². The molecule has 2 saturated heterocycles. The topological polar surface area (TPSA) is 151 Å². The number of nitrogens with zero attached hydrogens (tertiary/aromatic N) is 4. The molecular weight excluding hydrogens is 408 g/mol. The summed E-state index contributed by atoms with van der Waals surface area (Å²) in [5.41, 5.74) is 10.9. The van der Waals surface area contributed by atoms with E-state index in [4.69, 9.17) is 23.1 Å². The van der Waals surface area contributed by atoms with E-state index in [0.29, 0.717) is 31.2 Å². The summed E-state index contributed by atoms with van der Waals surface area (Å²) in [4.78, 5) is 38.9. The Labute approximate surface area is 178 Å². The van der Waals surface area contributed by atoms with Crippen LogP contribution >= 0.6 is 11.6 Å². The summed E-state index contributed by atoms with van der Waals surface area (Å²) in [7, 11) is 0. The Morgan fingerprint density at radius 2 is 1.90 bits per heavy atom. The number of alkyl halides is 1. The van der Waals surface area contributed by atoms with E-state index in [0.717, 1.165) is 12.8 Å². The van der Waals surface area contributed by atoms with Gasteiger partial charge in [-0.2, -0.15) is 4.99 Å². The predicted molar refractivity (Wildman–Crippen MR) is 115 cm³/mol. The van der Waals surface area contributed by atoms with Crippen molar-refractivity contribution in [2.45, 2.75) is 30.0 Å². The molecule has 158 valence electrons. The highest BCUT2D eigenvalue weighted by Gasteiger charge is 2.41. The van der Waals surface area contributed by atoms with Gasteiger partial charge in [0.05, 0.1) is 5.54 Å². The zero-order valence-electron chi connectivity index (χ0n) is 16.2. The number of piperidine rings is 1. The normalized spacial score (nSPS) is 26.6. The number of carbonyl (C=O) groups excluding carboxylic acids is 2. The number of nitrogens with two attached hydrogens (primary N) is 2. The first-order chi connectivity index (χ1) is 14.4. The second kappa shape index (κ2) is 8.04. The van der Waals surface area contributed by atoms with Crippen molar-refractivity contribution >= 4 is 40.9 Å². The number of aliphatic imine (C=N–C) groups is 3. The van der Waals surface area contributed by atoms with Crippen LogP contribution in [0.3, 0.4) is 0 Å². The number of benzene rings is 1. The third kappa shape index (κ3) is 4.01. The van der Waals surface area contributed by atoms with Crippen molar-refractivity contribution in [3.63, 3.8) is 0 Å². The first kappa shape index (κ1) is 20.3. The standard InChI is InChI=1S/C19H23ClN8O2/c20-13-15(22)25-14(21)12(24-13)16(29)26-18-23-10-19(27-18)6-8-28(9-7-19)17(30)11-4-2-1-3-5-11/h1-5,13,15H,6-10,22H2,(H2,21,25)(H2,23,26,27,29). The summed E-state index contributed by atoms with van der Waals surface area (Å²) in [5.74, 6) is -0.342. The maximum Gasteiger partial charge on any atom is 0.302 e. The Morgan fingerprint density at radius 3 is 2.60 bits per heavy atom. The highest BCUT2D eigenvalue weighted by Crippen LogP contribution is 2.25. The highest BCUT2D eigenvalue weighted by molar-refractivity contribution is 6.67. The first-order valence-corrected chi connectivity index (χ1v) is 10.1. The molecule has 1 aromatic rings. The average Bonchev–Trinajstić information content (AvgIpc) is 3.13. The van der Waals surface area contributed by atoms with E-state index in [2.05, 4.69) is 25.6 Å². The van der Waals surface area contributed by atoms with E-state index in [1.165, 1.54) is 0 Å². The fraction of sp³-hybridized carbons (Fsp3) is 0.421. The van der Waals surface area contributed by atoms with Crippen LogP contribution in [0.2, 0.25) is 0 Å². The molecule has 4 rings (SSSR count). The number of hydrogen-bond donors (Lipinski definition) is 4. The zero-order chi connectivity index (χ0) is 21.3. The number of nitrogens with one attached hydrogen (secondary N) is 2. The van der Waals surface area contributed by atoms with E-state index in [9.17, 15) is 9.59 Å². The molecule has 1 aromatic carbocycles. The molecule has 0 aromatic heterocycles. The SMILES string of the molecule is NC1=NC(N)C(Cl)N=C1C(=O)/N=C1\NCC2(CCN(C(=O)c3ccccc3)CC2)N1. The second-order valence-electron chi connectivity index (χ2n) is 7.54. The Morgan fingerprint density at radius 1 is 1.20 bits per heavy atom. The van der Waals surface area contributed by atoms with Gasteiger partial charge in [0.1, 0.15) is 6.17 Å². The minimum atomic E-state index is -0.862. The van der Waals surface area contributed by atoms with Crippen molar-refractivity contribution < 1.29 is 9.59 Å². The number of carbonyl (C=O) groups is 2. The molecular formula is C19H23ClN8O2. The summed E-state index contributed by atoms with van der Waals surface area (Å²) in [6.45, 7) is 1.83. The number of amides is 2. The molecule has 11 heteroatoms. The minimum Gasteiger partial charge on any atom is -0.382 e. The molecule has 0 radical (unpaired) electrons. The molecule has 0 saturated carbocycles. The van der Waals surface area contributed by atoms with Gasteiger partial charge in [0, 0.05) is 25.2 Å². The molecule has 0 bridgehead atoms. The van der Waals surface area contributed by atoms with Crippen LogP contribution in [0.25, 0.3) is 0 Å². The summed E-state index contributed by atoms with van der Waals surface area (Å²) >= 11 is 5.95. The van der Waals surface area contributed by atoms with E-state index in [-0.39, 0.29) is 23.0 Å². The molecule has 2 unspecified atom stereocenters. The molecule has 2 amide bonds. The lowest BCUT2D eigenvalue weighted by Gasteiger charge is -2.38. The van der Waals surface area contributed by atoms with Crippen molar-refractivity contribution in [3.05, 3.63) is 35.9 Å². The van der Waals surface area contributed by atoms with E-state index < -0.39 is 17.6 Å². The van der Waals surface area contributed by atoms with Gasteiger partial charge in [-0.05, 0) is 25.0 Å². The highest BCUT2D eigenvalue weighted by atomic mass is 35.5. The minimum absolute atomic E-state index is 0.0272. The second-order valence-corrected chi connectivity index (χ2v) is 7.99. The quantitative estimate of drug-likeness (QED) is 0.363. The van der Waals surface area contributed by atoms with Gasteiger partial charge in [-0.15, -0.1) is 0 Å². The number of halogens is 1. The maximum absolute atomic E-state index is 12.6. The van der Waals surface area contributed by atoms with Crippen LogP contribution in [-0.2, 0) is 4.79 Å². The number of guanidine groups is 1. The Kier molecular flexibility index (Phi) is 5.44. The molecule has 10 nitrogen and oxygen atoms in total. The zero-order valence-corrected chi connectivity index (χ0v) is 17.0. The van der Waals surface area contributed by atoms with Crippen LogP contribution in [0.15, 0.2) is 45.3 Å². The lowest BCUT2D eigenvalue weighted by atomic mass is 9.88. The van der Waals surface area contributed by atoms with Gasteiger partial charge in [-0.3, -0.25) is 14.6 Å². The van der Waals surface area contributed by atoms with E-state index >= 15 is 0 Å². The van der Waals surface area contributed by atoms with Crippen LogP contribution in [-0.4, -0.2) is 71.1 Å². The van der Waals surface area contributed by atoms with Crippen LogP contribution in [0.4, 0.5) is 0 Å². The van der Waals surface area contributed by atoms with Crippen molar-refractivity contribution in [2.24, 2.45) is 26.4 Å². The monoisotopic (exact) mass is 430 g/mol. The Balaban J connectivity index is 1.38. The van der Waals surface area contributed by atoms with E-state index in [1.54, 1.807) is 0 Å². The summed E-state index contributed by atoms with van der Waals surface area (Å²) in [5, 5.41) is 6.42. The molecule has 3 aliphatic rings. The van der Waals surface area contributed by atoms with Gasteiger partial charge in [0.15, 0.2) is 23.0 Å². The lowest BCUT2D eigenvalue weighted by Crippen LogP contribution is -2.53. The van der Waals surface area contributed by atoms with Crippen LogP contribution in [0, 0.1) is 0 Å². The molecule has 2 atom stereocenters. The predicted octanol–water partition coefficient (Wildman–Crippen LogP) is -0.602. The number of hydrogen-bond acceptors (Lipinski definition) is 6. The van der Waals surface area contributed by atoms with Crippen LogP contribution in [0.1, 0.15) is 23.2 Å². The smallest absolute Gasteiger partial charge is 0.302 e. The number of amidine groups is 1. The summed E-state index contributed by atoms with van der Waals surface area (Å²) in [6, 6.07) is 9.24. The molecule has 1 spiro atoms. The maximum atomic E-state index is 12.6. The molecule has 6 N–H and O–H groups in total. The van der Waals surface area contributed by atoms with Gasteiger partial charge in [0.25, 0.3) is 5.91 Å². The molecule has 2 fully saturated rings. The third-order valence-electron chi connectivity index (χ3n) is 5.49. The van der Waals surface area contributed by atoms with Crippen molar-refractivity contribution in [1.29, 1.82) is 0 Å².